The number of aliphatic hydroxyl groups excluding tert-OH is 1. The van der Waals surface area contributed by atoms with Gasteiger partial charge in [-0.25, -0.2) is 4.98 Å². The summed E-state index contributed by atoms with van der Waals surface area (Å²) in [4.78, 5) is 4.20. The first-order chi connectivity index (χ1) is 17.7. The number of aliphatic hydroxyl groups is 2. The smallest absolute Gasteiger partial charge is 0.136 e. The summed E-state index contributed by atoms with van der Waals surface area (Å²) in [6, 6.07) is 10.9. The Hall–Kier alpha value is -2.23. The summed E-state index contributed by atoms with van der Waals surface area (Å²) in [7, 11) is 3.75. The van der Waals surface area contributed by atoms with E-state index in [1.807, 2.05) is 26.2 Å². The van der Waals surface area contributed by atoms with E-state index in [-0.39, 0.29) is 17.4 Å². The molecule has 3 N–H and O–H groups in total. The molecule has 5 nitrogen and oxygen atoms in total. The van der Waals surface area contributed by atoms with Crippen molar-refractivity contribution >= 4 is 27.9 Å². The first kappa shape index (κ1) is 26.4. The van der Waals surface area contributed by atoms with E-state index in [1.54, 1.807) is 6.20 Å². The van der Waals surface area contributed by atoms with Crippen LogP contribution in [0.5, 0.6) is 0 Å². The summed E-state index contributed by atoms with van der Waals surface area (Å²) in [6.07, 6.45) is 12.0. The molecule has 1 aromatic carbocycles. The molecule has 0 radical (unpaired) electrons. The number of hydrogen-bond donors (Lipinski definition) is 3. The Balaban J connectivity index is 0.000000892. The number of aromatic nitrogens is 1. The van der Waals surface area contributed by atoms with Gasteiger partial charge in [-0.1, -0.05) is 48.4 Å². The van der Waals surface area contributed by atoms with Crippen LogP contribution in [0.15, 0.2) is 48.2 Å². The number of nitrogens with zero attached hydrogens (tertiary/aromatic N) is 2. The van der Waals surface area contributed by atoms with Gasteiger partial charge in [0.2, 0.25) is 0 Å². The van der Waals surface area contributed by atoms with Crippen molar-refractivity contribution in [2.24, 2.45) is 22.7 Å². The molecule has 0 saturated heterocycles. The van der Waals surface area contributed by atoms with Crippen LogP contribution in [0, 0.1) is 34.0 Å². The highest BCUT2D eigenvalue weighted by atomic mass is 35.5. The molecular weight excluding hydrogens is 482 g/mol. The normalized spacial score (nSPS) is 36.5. The highest BCUT2D eigenvalue weighted by molar-refractivity contribution is 6.34. The van der Waals surface area contributed by atoms with E-state index in [9.17, 15) is 15.5 Å². The van der Waals surface area contributed by atoms with Crippen LogP contribution >= 0.6 is 11.6 Å². The molecule has 37 heavy (non-hydrogen) atoms. The maximum Gasteiger partial charge on any atom is 0.136 e. The number of halogens is 1. The molecule has 2 fully saturated rings. The van der Waals surface area contributed by atoms with Crippen LogP contribution in [0.2, 0.25) is 5.15 Å². The predicted octanol–water partition coefficient (Wildman–Crippen LogP) is 6.05. The average Bonchev–Trinajstić information content (AvgIpc) is 3.18. The van der Waals surface area contributed by atoms with Crippen molar-refractivity contribution in [2.45, 2.75) is 70.0 Å². The lowest BCUT2D eigenvalue weighted by Crippen LogP contribution is -2.59. The molecule has 2 saturated carbocycles. The van der Waals surface area contributed by atoms with Crippen LogP contribution in [0.3, 0.4) is 0 Å². The second-order valence-corrected chi connectivity index (χ2v) is 12.1. The number of fused-ring (bicyclic) bond motifs is 5. The van der Waals surface area contributed by atoms with Crippen LogP contribution in [-0.4, -0.2) is 41.0 Å². The fraction of sp³-hybridized carbons (Fsp3) is 0.548. The molecule has 0 bridgehead atoms. The maximum absolute atomic E-state index is 12.5. The lowest BCUT2D eigenvalue weighted by molar-refractivity contribution is -0.143. The minimum absolute atomic E-state index is 0.0120. The first-order valence-electron chi connectivity index (χ1n) is 13.6. The molecule has 6 atom stereocenters. The maximum atomic E-state index is 12.5. The largest absolute Gasteiger partial charge is 0.393 e. The number of allylic oxidation sites excluding steroid dienone is 2. The average molecular weight is 520 g/mol. The zero-order valence-corrected chi connectivity index (χ0v) is 22.9. The Bertz CT molecular complexity index is 1300. The zero-order valence-electron chi connectivity index (χ0n) is 22.1. The molecule has 4 aliphatic rings. The number of hydrogen-bond acceptors (Lipinski definition) is 5. The van der Waals surface area contributed by atoms with Crippen molar-refractivity contribution in [3.05, 3.63) is 58.9 Å². The summed E-state index contributed by atoms with van der Waals surface area (Å²) < 4.78 is 0. The van der Waals surface area contributed by atoms with Gasteiger partial charge >= 0.3 is 0 Å². The van der Waals surface area contributed by atoms with Gasteiger partial charge in [-0.05, 0) is 105 Å². The van der Waals surface area contributed by atoms with Gasteiger partial charge in [-0.15, -0.1) is 0 Å². The number of nitriles is 1. The van der Waals surface area contributed by atoms with E-state index in [2.05, 4.69) is 47.6 Å². The highest BCUT2D eigenvalue weighted by Gasteiger charge is 2.65. The Morgan fingerprint density at radius 2 is 1.92 bits per heavy atom. The minimum atomic E-state index is -1.08. The second-order valence-electron chi connectivity index (χ2n) is 11.8. The summed E-state index contributed by atoms with van der Waals surface area (Å²) >= 11 is 6.30. The molecular formula is C31H38ClN3O2. The molecule has 0 amide bonds. The van der Waals surface area contributed by atoms with E-state index < -0.39 is 11.0 Å². The lowest BCUT2D eigenvalue weighted by atomic mass is 9.49. The van der Waals surface area contributed by atoms with E-state index in [0.29, 0.717) is 30.3 Å². The number of rotatable bonds is 1. The van der Waals surface area contributed by atoms with Crippen molar-refractivity contribution in [1.29, 1.82) is 5.26 Å². The van der Waals surface area contributed by atoms with Gasteiger partial charge in [0.1, 0.15) is 10.6 Å². The van der Waals surface area contributed by atoms with Crippen LogP contribution in [-0.2, 0) is 0 Å². The van der Waals surface area contributed by atoms with Gasteiger partial charge < -0.3 is 15.5 Å². The fourth-order valence-electron chi connectivity index (χ4n) is 7.80. The molecule has 1 aromatic heterocycles. The van der Waals surface area contributed by atoms with Gasteiger partial charge in [-0.2, -0.15) is 5.26 Å². The standard InChI is InChI=1S/C29H31ClN2O2.C2H7N/c1-27-11-12-28(17-31)16-21-15-22(33)4-2-18(21)8-10-29(28,34)25(27)7-6-24(27)20-3-5-23-19(14-20)9-13-32-26(23)30;1-3-2/h3,5-6,9,13-14,16,18,22,25,33-34H,2,4,7-8,10-12,15H2,1H3;3H,1-2H3/t18?,22?,25?,27?,28?,29-;/m0./s1. The van der Waals surface area contributed by atoms with Crippen LogP contribution < -0.4 is 5.32 Å². The van der Waals surface area contributed by atoms with Gasteiger partial charge in [0, 0.05) is 17.5 Å². The molecule has 2 aromatic rings. The van der Waals surface area contributed by atoms with E-state index >= 15 is 0 Å². The highest BCUT2D eigenvalue weighted by Crippen LogP contribution is 2.66. The van der Waals surface area contributed by atoms with E-state index in [4.69, 9.17) is 11.6 Å². The Morgan fingerprint density at radius 3 is 2.68 bits per heavy atom. The van der Waals surface area contributed by atoms with Gasteiger partial charge in [0.25, 0.3) is 0 Å². The Morgan fingerprint density at radius 1 is 1.14 bits per heavy atom. The topological polar surface area (TPSA) is 89.2 Å². The third kappa shape index (κ3) is 4.14. The Labute approximate surface area is 225 Å². The third-order valence-corrected chi connectivity index (χ3v) is 10.0. The second kappa shape index (κ2) is 9.82. The number of pyridine rings is 1. The third-order valence-electron chi connectivity index (χ3n) is 9.71. The van der Waals surface area contributed by atoms with Crippen LogP contribution in [0.1, 0.15) is 63.9 Å². The molecule has 196 valence electrons. The first-order valence-corrected chi connectivity index (χ1v) is 14.0. The van der Waals surface area contributed by atoms with Crippen molar-refractivity contribution in [2.75, 3.05) is 14.1 Å². The Kier molecular flexibility index (Phi) is 7.00. The van der Waals surface area contributed by atoms with Crippen LogP contribution in [0.4, 0.5) is 0 Å². The van der Waals surface area contributed by atoms with Crippen molar-refractivity contribution in [3.8, 4) is 6.07 Å². The predicted molar refractivity (Wildman–Crippen MR) is 149 cm³/mol. The van der Waals surface area contributed by atoms with E-state index in [1.165, 1.54) is 11.1 Å². The van der Waals surface area contributed by atoms with Crippen LogP contribution in [0.25, 0.3) is 16.3 Å². The van der Waals surface area contributed by atoms with Gasteiger partial charge in [0.15, 0.2) is 0 Å². The monoisotopic (exact) mass is 519 g/mol. The summed E-state index contributed by atoms with van der Waals surface area (Å²) in [5.74, 6) is 0.365. The lowest BCUT2D eigenvalue weighted by Gasteiger charge is -2.56. The van der Waals surface area contributed by atoms with Crippen molar-refractivity contribution in [1.82, 2.24) is 10.3 Å². The van der Waals surface area contributed by atoms with Gasteiger partial charge in [0.05, 0.1) is 17.8 Å². The van der Waals surface area contributed by atoms with Gasteiger partial charge in [-0.3, -0.25) is 0 Å². The molecule has 4 aliphatic carbocycles. The molecule has 1 heterocycles. The number of benzene rings is 1. The molecule has 5 unspecified atom stereocenters. The number of nitrogens with one attached hydrogen (secondary N) is 1. The summed E-state index contributed by atoms with van der Waals surface area (Å²) in [5, 5.41) is 38.5. The molecule has 0 aliphatic heterocycles. The van der Waals surface area contributed by atoms with E-state index in [0.717, 1.165) is 48.4 Å². The van der Waals surface area contributed by atoms with Crippen molar-refractivity contribution < 1.29 is 10.2 Å². The molecule has 6 rings (SSSR count). The minimum Gasteiger partial charge on any atom is -0.393 e. The summed E-state index contributed by atoms with van der Waals surface area (Å²) in [5.41, 5.74) is 1.48. The van der Waals surface area contributed by atoms with Crippen molar-refractivity contribution in [3.63, 3.8) is 0 Å². The molecule has 6 heteroatoms. The summed E-state index contributed by atoms with van der Waals surface area (Å²) in [6.45, 7) is 2.29. The SMILES string of the molecule is CC12CCC3(C#N)C=C4CC(O)CCC4CC[C@]3(O)C1CC=C2c1ccc2c(Cl)nccc2c1.CNC. The molecule has 0 spiro atoms. The zero-order chi connectivity index (χ0) is 26.4. The fourth-order valence-corrected chi connectivity index (χ4v) is 8.03. The quantitative estimate of drug-likeness (QED) is 0.315.